The van der Waals surface area contributed by atoms with Gasteiger partial charge in [0.15, 0.2) is 5.78 Å². The number of Topliss-reactive ketones (excluding diaryl/α,β-unsaturated/α-hetero) is 1. The molecule has 1 aliphatic carbocycles. The Bertz CT molecular complexity index is 613. The molecule has 1 aromatic rings. The number of ketones is 1. The van der Waals surface area contributed by atoms with Gasteiger partial charge in [0.1, 0.15) is 0 Å². The van der Waals surface area contributed by atoms with E-state index in [-0.39, 0.29) is 5.78 Å². The first-order chi connectivity index (χ1) is 7.83. The molecule has 0 saturated heterocycles. The molecule has 0 N–H and O–H groups in total. The van der Waals surface area contributed by atoms with Gasteiger partial charge in [-0.05, 0) is 0 Å². The molecule has 0 spiro atoms. The Hall–Kier alpha value is -2.18. The molecule has 0 amide bonds. The van der Waals surface area contributed by atoms with Crippen LogP contribution in [0.1, 0.15) is 22.3 Å². The van der Waals surface area contributed by atoms with E-state index in [1.54, 1.807) is 6.21 Å². The summed E-state index contributed by atoms with van der Waals surface area (Å²) in [4.78, 5) is 16.4. The van der Waals surface area contributed by atoms with Gasteiger partial charge in [0, 0.05) is 34.9 Å². The van der Waals surface area contributed by atoms with Crippen molar-refractivity contribution >= 4 is 17.6 Å². The summed E-state index contributed by atoms with van der Waals surface area (Å²) < 4.78 is 0. The largest absolute Gasteiger partial charge is 0.289 e. The van der Waals surface area contributed by atoms with Crippen LogP contribution in [0.2, 0.25) is 0 Å². The van der Waals surface area contributed by atoms with Gasteiger partial charge in [0.05, 0.1) is 5.70 Å². The van der Waals surface area contributed by atoms with Gasteiger partial charge in [-0.15, -0.1) is 5.73 Å². The minimum absolute atomic E-state index is 0.0853. The lowest BCUT2D eigenvalue weighted by molar-refractivity contribution is 0.103. The summed E-state index contributed by atoms with van der Waals surface area (Å²) in [6.45, 7) is 3.69. The zero-order valence-corrected chi connectivity index (χ0v) is 8.66. The van der Waals surface area contributed by atoms with E-state index >= 15 is 0 Å². The Labute approximate surface area is 93.3 Å². The predicted molar refractivity (Wildman–Crippen MR) is 63.5 cm³/mol. The maximum absolute atomic E-state index is 12.2. The lowest BCUT2D eigenvalue weighted by Crippen LogP contribution is -2.12. The smallest absolute Gasteiger partial charge is 0.192 e. The number of carbonyl (C=O) groups is 1. The van der Waals surface area contributed by atoms with Gasteiger partial charge in [-0.3, -0.25) is 9.79 Å². The topological polar surface area (TPSA) is 29.4 Å². The number of nitrogens with zero attached hydrogens (tertiary/aromatic N) is 1. The molecule has 3 rings (SSSR count). The van der Waals surface area contributed by atoms with Gasteiger partial charge in [-0.25, -0.2) is 0 Å². The molecule has 1 heterocycles. The molecule has 16 heavy (non-hydrogen) atoms. The maximum atomic E-state index is 12.2. The first-order valence-corrected chi connectivity index (χ1v) is 5.13. The molecule has 0 atom stereocenters. The van der Waals surface area contributed by atoms with Crippen molar-refractivity contribution in [2.24, 2.45) is 4.99 Å². The van der Waals surface area contributed by atoms with Gasteiger partial charge in [-0.1, -0.05) is 30.8 Å². The Morgan fingerprint density at radius 1 is 1.25 bits per heavy atom. The molecule has 0 aromatic heterocycles. The fourth-order valence-electron chi connectivity index (χ4n) is 2.19. The molecule has 76 valence electrons. The summed E-state index contributed by atoms with van der Waals surface area (Å²) in [5, 5.41) is 0. The van der Waals surface area contributed by atoms with Crippen molar-refractivity contribution in [2.75, 3.05) is 0 Å². The molecule has 0 unspecified atom stereocenters. The molecule has 2 aliphatic rings. The van der Waals surface area contributed by atoms with Gasteiger partial charge in [0.2, 0.25) is 0 Å². The summed E-state index contributed by atoms with van der Waals surface area (Å²) >= 11 is 0. The monoisotopic (exact) mass is 207 g/mol. The molecule has 1 aromatic carbocycles. The molecule has 2 heteroatoms. The van der Waals surface area contributed by atoms with Crippen LogP contribution in [-0.4, -0.2) is 12.0 Å². The van der Waals surface area contributed by atoms with Crippen molar-refractivity contribution in [2.45, 2.75) is 6.42 Å². The van der Waals surface area contributed by atoms with Gasteiger partial charge < -0.3 is 0 Å². The first kappa shape index (κ1) is 9.08. The highest BCUT2D eigenvalue weighted by molar-refractivity contribution is 6.19. The van der Waals surface area contributed by atoms with Crippen LogP contribution in [-0.2, 0) is 0 Å². The molecule has 2 nitrogen and oxygen atoms in total. The summed E-state index contributed by atoms with van der Waals surface area (Å²) in [5.41, 5.74) is 6.88. The van der Waals surface area contributed by atoms with Crippen LogP contribution in [0.3, 0.4) is 0 Å². The number of hydrogen-bond acceptors (Lipinski definition) is 2. The highest BCUT2D eigenvalue weighted by atomic mass is 16.1. The Balaban J connectivity index is 2.36. The lowest BCUT2D eigenvalue weighted by Gasteiger charge is -2.17. The lowest BCUT2D eigenvalue weighted by atomic mass is 9.85. The van der Waals surface area contributed by atoms with E-state index in [0.29, 0.717) is 6.42 Å². The van der Waals surface area contributed by atoms with Crippen LogP contribution in [0.15, 0.2) is 52.8 Å². The van der Waals surface area contributed by atoms with Crippen molar-refractivity contribution in [3.05, 3.63) is 59.0 Å². The molecule has 0 radical (unpaired) electrons. The quantitative estimate of drug-likeness (QED) is 0.601. The van der Waals surface area contributed by atoms with Crippen LogP contribution in [0.25, 0.3) is 5.57 Å². The van der Waals surface area contributed by atoms with E-state index in [2.05, 4.69) is 17.3 Å². The highest BCUT2D eigenvalue weighted by Crippen LogP contribution is 2.38. The molecule has 1 aliphatic heterocycles. The number of fused-ring (bicyclic) bond motifs is 1. The summed E-state index contributed by atoms with van der Waals surface area (Å²) in [7, 11) is 0. The zero-order chi connectivity index (χ0) is 11.1. The van der Waals surface area contributed by atoms with E-state index in [1.165, 1.54) is 0 Å². The second-order valence-corrected chi connectivity index (χ2v) is 3.77. The van der Waals surface area contributed by atoms with Crippen LogP contribution in [0.4, 0.5) is 0 Å². The predicted octanol–water partition coefficient (Wildman–Crippen LogP) is 2.78. The average Bonchev–Trinajstić information content (AvgIpc) is 2.79. The van der Waals surface area contributed by atoms with Crippen molar-refractivity contribution in [3.63, 3.8) is 0 Å². The Morgan fingerprint density at radius 2 is 2.00 bits per heavy atom. The third-order valence-electron chi connectivity index (χ3n) is 2.93. The minimum Gasteiger partial charge on any atom is -0.289 e. The number of allylic oxidation sites excluding steroid dienone is 2. The number of hydrogen-bond donors (Lipinski definition) is 0. The fraction of sp³-hybridized carbons (Fsp3) is 0.0714. The molecular formula is C14H9NO. The van der Waals surface area contributed by atoms with E-state index in [0.717, 1.165) is 28.0 Å². The molecule has 0 saturated carbocycles. The van der Waals surface area contributed by atoms with Crippen LogP contribution < -0.4 is 0 Å². The van der Waals surface area contributed by atoms with Gasteiger partial charge in [0.25, 0.3) is 0 Å². The first-order valence-electron chi connectivity index (χ1n) is 5.13. The van der Waals surface area contributed by atoms with E-state index in [9.17, 15) is 4.79 Å². The summed E-state index contributed by atoms with van der Waals surface area (Å²) in [6.07, 6.45) is 2.39. The van der Waals surface area contributed by atoms with E-state index in [1.807, 2.05) is 24.3 Å². The van der Waals surface area contributed by atoms with Crippen LogP contribution in [0.5, 0.6) is 0 Å². The van der Waals surface area contributed by atoms with Crippen LogP contribution >= 0.6 is 0 Å². The Morgan fingerprint density at radius 3 is 2.75 bits per heavy atom. The van der Waals surface area contributed by atoms with E-state index in [4.69, 9.17) is 0 Å². The number of carbonyl (C=O) groups excluding carboxylic acids is 1. The van der Waals surface area contributed by atoms with Crippen LogP contribution in [0, 0.1) is 0 Å². The SMILES string of the molecule is C=C=C1C2=C(CC=N2)C(=O)c2ccccc21. The second kappa shape index (κ2) is 3.16. The number of benzene rings is 1. The average molecular weight is 207 g/mol. The summed E-state index contributed by atoms with van der Waals surface area (Å²) in [5.74, 6) is 0.0853. The zero-order valence-electron chi connectivity index (χ0n) is 8.66. The fourth-order valence-corrected chi connectivity index (χ4v) is 2.19. The normalized spacial score (nSPS) is 17.2. The van der Waals surface area contributed by atoms with Crippen molar-refractivity contribution < 1.29 is 4.79 Å². The molecular weight excluding hydrogens is 198 g/mol. The third kappa shape index (κ3) is 1.02. The van der Waals surface area contributed by atoms with Gasteiger partial charge in [-0.2, -0.15) is 0 Å². The van der Waals surface area contributed by atoms with Gasteiger partial charge >= 0.3 is 0 Å². The standard InChI is InChI=1S/C14H9NO/c1-2-9-10-5-3-4-6-11(10)14(16)12-7-8-15-13(9)12/h3-6,8H,1,7H2. The third-order valence-corrected chi connectivity index (χ3v) is 2.93. The van der Waals surface area contributed by atoms with Crippen molar-refractivity contribution in [1.82, 2.24) is 0 Å². The molecule has 0 fully saturated rings. The maximum Gasteiger partial charge on any atom is 0.192 e. The minimum atomic E-state index is 0.0853. The van der Waals surface area contributed by atoms with Crippen molar-refractivity contribution in [1.29, 1.82) is 0 Å². The number of rotatable bonds is 0. The van der Waals surface area contributed by atoms with E-state index < -0.39 is 0 Å². The molecule has 0 bridgehead atoms. The highest BCUT2D eigenvalue weighted by Gasteiger charge is 2.30. The van der Waals surface area contributed by atoms with Crippen molar-refractivity contribution in [3.8, 4) is 0 Å². The second-order valence-electron chi connectivity index (χ2n) is 3.77. The number of aliphatic imine (C=N–C) groups is 1. The summed E-state index contributed by atoms with van der Waals surface area (Å²) in [6, 6.07) is 7.54. The Kier molecular flexibility index (Phi) is 1.79.